The van der Waals surface area contributed by atoms with Gasteiger partial charge in [-0.1, -0.05) is 0 Å². The largest absolute Gasteiger partial charge is 0.461 e. The molecular formula is C7H14O4. The van der Waals surface area contributed by atoms with Crippen LogP contribution in [0.2, 0.25) is 0 Å². The van der Waals surface area contributed by atoms with Crippen LogP contribution in [0.4, 0.5) is 0 Å². The van der Waals surface area contributed by atoms with Gasteiger partial charge in [-0.3, -0.25) is 0 Å². The Morgan fingerprint density at radius 2 is 2.09 bits per heavy atom. The predicted molar refractivity (Wildman–Crippen MR) is 39.1 cm³/mol. The lowest BCUT2D eigenvalue weighted by molar-refractivity contribution is -0.165. The Bertz CT molecular complexity index is 130. The Hall–Kier alpha value is -0.610. The van der Waals surface area contributed by atoms with Gasteiger partial charge in [-0.2, -0.15) is 0 Å². The van der Waals surface area contributed by atoms with Gasteiger partial charge in [0.1, 0.15) is 6.61 Å². The van der Waals surface area contributed by atoms with Crippen LogP contribution in [0.5, 0.6) is 0 Å². The van der Waals surface area contributed by atoms with Gasteiger partial charge in [0.2, 0.25) is 0 Å². The molecule has 0 radical (unpaired) electrons. The van der Waals surface area contributed by atoms with Gasteiger partial charge in [0.15, 0.2) is 5.60 Å². The number of rotatable bonds is 4. The highest BCUT2D eigenvalue weighted by molar-refractivity contribution is 5.78. The zero-order valence-corrected chi connectivity index (χ0v) is 7.09. The summed E-state index contributed by atoms with van der Waals surface area (Å²) in [5, 5.41) is 8.34. The fourth-order valence-electron chi connectivity index (χ4n) is 0.395. The van der Waals surface area contributed by atoms with Gasteiger partial charge in [-0.05, 0) is 13.8 Å². The number of hydrogen-bond donors (Lipinski definition) is 1. The first kappa shape index (κ1) is 10.4. The number of esters is 1. The standard InChI is InChI=1S/C7H14O4/c1-7(2,10-3)6(9)11-5-4-8/h8H,4-5H2,1-3H3. The van der Waals surface area contributed by atoms with E-state index in [2.05, 4.69) is 4.74 Å². The van der Waals surface area contributed by atoms with Crippen molar-refractivity contribution >= 4 is 5.97 Å². The molecule has 0 spiro atoms. The van der Waals surface area contributed by atoms with Gasteiger partial charge < -0.3 is 14.6 Å². The molecule has 0 rings (SSSR count). The van der Waals surface area contributed by atoms with E-state index < -0.39 is 11.6 Å². The molecule has 0 unspecified atom stereocenters. The Morgan fingerprint density at radius 1 is 1.55 bits per heavy atom. The molecule has 11 heavy (non-hydrogen) atoms. The van der Waals surface area contributed by atoms with Crippen molar-refractivity contribution in [2.45, 2.75) is 19.4 Å². The molecule has 0 aromatic carbocycles. The van der Waals surface area contributed by atoms with E-state index in [-0.39, 0.29) is 13.2 Å². The summed E-state index contributed by atoms with van der Waals surface area (Å²) < 4.78 is 9.47. The summed E-state index contributed by atoms with van der Waals surface area (Å²) in [7, 11) is 1.43. The third-order valence-corrected chi connectivity index (χ3v) is 1.33. The molecule has 0 fully saturated rings. The van der Waals surface area contributed by atoms with E-state index in [1.807, 2.05) is 0 Å². The lowest BCUT2D eigenvalue weighted by atomic mass is 10.1. The number of carbonyl (C=O) groups excluding carboxylic acids is 1. The van der Waals surface area contributed by atoms with Gasteiger partial charge in [-0.25, -0.2) is 4.79 Å². The van der Waals surface area contributed by atoms with E-state index >= 15 is 0 Å². The molecule has 0 saturated heterocycles. The maximum atomic E-state index is 11.0. The van der Waals surface area contributed by atoms with E-state index in [9.17, 15) is 4.79 Å². The average molecular weight is 162 g/mol. The van der Waals surface area contributed by atoms with E-state index in [0.717, 1.165) is 0 Å². The normalized spacial score (nSPS) is 11.3. The molecule has 0 aliphatic rings. The van der Waals surface area contributed by atoms with Crippen LogP contribution in [-0.2, 0) is 14.3 Å². The van der Waals surface area contributed by atoms with Crippen LogP contribution >= 0.6 is 0 Å². The lowest BCUT2D eigenvalue weighted by Gasteiger charge is -2.19. The fourth-order valence-corrected chi connectivity index (χ4v) is 0.395. The number of aliphatic hydroxyl groups excluding tert-OH is 1. The minimum absolute atomic E-state index is 0.0195. The Kier molecular flexibility index (Phi) is 4.07. The van der Waals surface area contributed by atoms with E-state index in [1.165, 1.54) is 7.11 Å². The topological polar surface area (TPSA) is 55.8 Å². The lowest BCUT2D eigenvalue weighted by Crippen LogP contribution is -2.36. The second-order valence-corrected chi connectivity index (χ2v) is 2.57. The summed E-state index contributed by atoms with van der Waals surface area (Å²) in [6.45, 7) is 3.07. The van der Waals surface area contributed by atoms with Gasteiger partial charge in [0, 0.05) is 7.11 Å². The van der Waals surface area contributed by atoms with Gasteiger partial charge in [0.25, 0.3) is 0 Å². The van der Waals surface area contributed by atoms with Crippen molar-refractivity contribution in [3.63, 3.8) is 0 Å². The third-order valence-electron chi connectivity index (χ3n) is 1.33. The highest BCUT2D eigenvalue weighted by atomic mass is 16.6. The zero-order valence-electron chi connectivity index (χ0n) is 7.09. The first-order chi connectivity index (χ1) is 5.04. The molecule has 0 aliphatic carbocycles. The Labute approximate surface area is 66.1 Å². The first-order valence-electron chi connectivity index (χ1n) is 3.38. The van der Waals surface area contributed by atoms with Crippen LogP contribution < -0.4 is 0 Å². The van der Waals surface area contributed by atoms with Crippen molar-refractivity contribution in [2.24, 2.45) is 0 Å². The number of aliphatic hydroxyl groups is 1. The zero-order chi connectivity index (χ0) is 8.91. The van der Waals surface area contributed by atoms with E-state index in [0.29, 0.717) is 0 Å². The molecular weight excluding hydrogens is 148 g/mol. The maximum Gasteiger partial charge on any atom is 0.337 e. The summed E-state index contributed by atoms with van der Waals surface area (Å²) in [4.78, 5) is 11.0. The number of methoxy groups -OCH3 is 1. The summed E-state index contributed by atoms with van der Waals surface area (Å²) >= 11 is 0. The van der Waals surface area contributed by atoms with E-state index in [4.69, 9.17) is 9.84 Å². The number of ether oxygens (including phenoxy) is 2. The minimum Gasteiger partial charge on any atom is -0.461 e. The maximum absolute atomic E-state index is 11.0. The molecule has 0 saturated carbocycles. The fraction of sp³-hybridized carbons (Fsp3) is 0.857. The SMILES string of the molecule is COC(C)(C)C(=O)OCCO. The van der Waals surface area contributed by atoms with Crippen LogP contribution in [0.1, 0.15) is 13.8 Å². The van der Waals surface area contributed by atoms with Crippen molar-refractivity contribution in [3.05, 3.63) is 0 Å². The molecule has 1 N–H and O–H groups in total. The second-order valence-electron chi connectivity index (χ2n) is 2.57. The molecule has 0 heterocycles. The molecule has 4 nitrogen and oxygen atoms in total. The Morgan fingerprint density at radius 3 is 2.45 bits per heavy atom. The van der Waals surface area contributed by atoms with Crippen LogP contribution in [0, 0.1) is 0 Å². The number of hydrogen-bond acceptors (Lipinski definition) is 4. The monoisotopic (exact) mass is 162 g/mol. The Balaban J connectivity index is 3.82. The number of carbonyl (C=O) groups is 1. The average Bonchev–Trinajstić information content (AvgIpc) is 2.00. The minimum atomic E-state index is -0.921. The second kappa shape index (κ2) is 4.31. The molecule has 0 bridgehead atoms. The van der Waals surface area contributed by atoms with E-state index in [1.54, 1.807) is 13.8 Å². The van der Waals surface area contributed by atoms with Crippen LogP contribution in [0.3, 0.4) is 0 Å². The molecule has 0 aromatic rings. The molecule has 0 aliphatic heterocycles. The quantitative estimate of drug-likeness (QED) is 0.589. The molecule has 0 atom stereocenters. The third kappa shape index (κ3) is 3.34. The van der Waals surface area contributed by atoms with Crippen molar-refractivity contribution < 1.29 is 19.4 Å². The van der Waals surface area contributed by atoms with Gasteiger partial charge >= 0.3 is 5.97 Å². The summed E-state index contributed by atoms with van der Waals surface area (Å²) in [5.74, 6) is -0.464. The molecule has 0 amide bonds. The molecule has 4 heteroatoms. The first-order valence-corrected chi connectivity index (χ1v) is 3.38. The van der Waals surface area contributed by atoms with Crippen molar-refractivity contribution in [2.75, 3.05) is 20.3 Å². The van der Waals surface area contributed by atoms with Crippen molar-refractivity contribution in [3.8, 4) is 0 Å². The highest BCUT2D eigenvalue weighted by Gasteiger charge is 2.28. The van der Waals surface area contributed by atoms with Crippen molar-refractivity contribution in [1.29, 1.82) is 0 Å². The van der Waals surface area contributed by atoms with Crippen LogP contribution in [0.15, 0.2) is 0 Å². The molecule has 0 aromatic heterocycles. The van der Waals surface area contributed by atoms with Gasteiger partial charge in [-0.15, -0.1) is 0 Å². The predicted octanol–water partition coefficient (Wildman–Crippen LogP) is -0.0531. The van der Waals surface area contributed by atoms with Crippen LogP contribution in [0.25, 0.3) is 0 Å². The summed E-state index contributed by atoms with van der Waals surface area (Å²) in [6, 6.07) is 0. The summed E-state index contributed by atoms with van der Waals surface area (Å²) in [6.07, 6.45) is 0. The highest BCUT2D eigenvalue weighted by Crippen LogP contribution is 2.08. The van der Waals surface area contributed by atoms with Crippen LogP contribution in [-0.4, -0.2) is 37.0 Å². The molecule has 66 valence electrons. The van der Waals surface area contributed by atoms with Crippen molar-refractivity contribution in [1.82, 2.24) is 0 Å². The smallest absolute Gasteiger partial charge is 0.337 e. The van der Waals surface area contributed by atoms with Gasteiger partial charge in [0.05, 0.1) is 6.61 Å². The summed E-state index contributed by atoms with van der Waals surface area (Å²) in [5.41, 5.74) is -0.921.